The number of aromatic hydroxyl groups is 1. The predicted octanol–water partition coefficient (Wildman–Crippen LogP) is 4.05. The number of aromatic nitrogens is 1. The summed E-state index contributed by atoms with van der Waals surface area (Å²) in [6.45, 7) is 0. The maximum atomic E-state index is 9.95. The fourth-order valence-electron chi connectivity index (χ4n) is 3.99. The van der Waals surface area contributed by atoms with E-state index in [1.165, 1.54) is 7.11 Å². The van der Waals surface area contributed by atoms with Gasteiger partial charge in [0.05, 0.1) is 26.0 Å². The zero-order valence-corrected chi connectivity index (χ0v) is 16.6. The fraction of sp³-hybridized carbons (Fsp3) is 0.217. The van der Waals surface area contributed by atoms with Gasteiger partial charge in [-0.2, -0.15) is 5.10 Å². The molecule has 0 unspecified atom stereocenters. The molecule has 2 aliphatic rings. The summed E-state index contributed by atoms with van der Waals surface area (Å²) in [7, 11) is 3.17. The van der Waals surface area contributed by atoms with Gasteiger partial charge >= 0.3 is 0 Å². The molecule has 2 aromatic carbocycles. The fourth-order valence-corrected chi connectivity index (χ4v) is 3.99. The molecule has 3 heterocycles. The number of hydrazone groups is 1. The van der Waals surface area contributed by atoms with Crippen LogP contribution in [0.5, 0.6) is 23.0 Å². The lowest BCUT2D eigenvalue weighted by Crippen LogP contribution is -2.34. The number of benzene rings is 2. The van der Waals surface area contributed by atoms with Crippen molar-refractivity contribution in [2.24, 2.45) is 5.10 Å². The number of rotatable bonds is 4. The van der Waals surface area contributed by atoms with Gasteiger partial charge in [0.15, 0.2) is 23.0 Å². The lowest BCUT2D eigenvalue weighted by atomic mass is 9.96. The minimum Gasteiger partial charge on any atom is -0.504 e. The number of hydrogen-bond donors (Lipinski definition) is 1. The van der Waals surface area contributed by atoms with E-state index in [1.807, 2.05) is 47.5 Å². The summed E-state index contributed by atoms with van der Waals surface area (Å²) in [5.74, 6) is 1.92. The standard InChI is InChI=1S/C23H21N3O4/c1-28-20-8-5-6-15-18-13-17(14-9-10-19(27)21(12-14)29-2)25-26(18)23(30-22(15)20)16-7-3-4-11-24-16/h3-12,18,23,27H,13H2,1-2H3/t18-,23-/m1/s1. The Morgan fingerprint density at radius 2 is 1.90 bits per heavy atom. The van der Waals surface area contributed by atoms with Gasteiger partial charge in [0.1, 0.15) is 5.69 Å². The second-order valence-corrected chi connectivity index (χ2v) is 7.14. The van der Waals surface area contributed by atoms with Crippen molar-refractivity contribution in [2.75, 3.05) is 14.2 Å². The van der Waals surface area contributed by atoms with Crippen LogP contribution in [0.2, 0.25) is 0 Å². The molecular formula is C23H21N3O4. The number of fused-ring (bicyclic) bond motifs is 3. The molecule has 0 amide bonds. The number of nitrogens with zero attached hydrogens (tertiary/aromatic N) is 3. The summed E-state index contributed by atoms with van der Waals surface area (Å²) in [4.78, 5) is 4.50. The van der Waals surface area contributed by atoms with Crippen LogP contribution in [0.3, 0.4) is 0 Å². The van der Waals surface area contributed by atoms with E-state index in [2.05, 4.69) is 4.98 Å². The van der Waals surface area contributed by atoms with Crippen LogP contribution < -0.4 is 14.2 Å². The van der Waals surface area contributed by atoms with Gasteiger partial charge in [0, 0.05) is 23.7 Å². The summed E-state index contributed by atoms with van der Waals surface area (Å²) in [5.41, 5.74) is 3.57. The Morgan fingerprint density at radius 1 is 1.03 bits per heavy atom. The molecular weight excluding hydrogens is 382 g/mol. The molecule has 1 aromatic heterocycles. The molecule has 152 valence electrons. The monoisotopic (exact) mass is 403 g/mol. The molecule has 0 aliphatic carbocycles. The number of phenolic OH excluding ortho intramolecular Hbond substituents is 1. The predicted molar refractivity (Wildman–Crippen MR) is 111 cm³/mol. The minimum atomic E-state index is -0.475. The first kappa shape index (κ1) is 18.3. The average Bonchev–Trinajstić information content (AvgIpc) is 3.24. The average molecular weight is 403 g/mol. The minimum absolute atomic E-state index is 0.0225. The van der Waals surface area contributed by atoms with E-state index in [0.717, 1.165) is 28.3 Å². The first-order valence-electron chi connectivity index (χ1n) is 9.67. The highest BCUT2D eigenvalue weighted by atomic mass is 16.5. The van der Waals surface area contributed by atoms with Crippen molar-refractivity contribution < 1.29 is 19.3 Å². The van der Waals surface area contributed by atoms with Crippen molar-refractivity contribution in [3.63, 3.8) is 0 Å². The van der Waals surface area contributed by atoms with Gasteiger partial charge in [0.2, 0.25) is 6.23 Å². The van der Waals surface area contributed by atoms with E-state index in [1.54, 1.807) is 25.4 Å². The van der Waals surface area contributed by atoms with E-state index >= 15 is 0 Å². The number of phenols is 1. The normalized spacial score (nSPS) is 19.4. The molecule has 5 rings (SSSR count). The summed E-state index contributed by atoms with van der Waals surface area (Å²) < 4.78 is 17.2. The number of pyridine rings is 1. The number of methoxy groups -OCH3 is 2. The second kappa shape index (κ2) is 7.26. The van der Waals surface area contributed by atoms with Crippen molar-refractivity contribution in [1.82, 2.24) is 9.99 Å². The first-order chi connectivity index (χ1) is 14.7. The number of hydrogen-bond acceptors (Lipinski definition) is 7. The Morgan fingerprint density at radius 3 is 2.67 bits per heavy atom. The molecule has 0 fully saturated rings. The third-order valence-corrected chi connectivity index (χ3v) is 5.45. The van der Waals surface area contributed by atoms with Crippen molar-refractivity contribution >= 4 is 5.71 Å². The molecule has 1 N–H and O–H groups in total. The highest BCUT2D eigenvalue weighted by Crippen LogP contribution is 2.50. The number of ether oxygens (including phenoxy) is 3. The summed E-state index contributed by atoms with van der Waals surface area (Å²) >= 11 is 0. The van der Waals surface area contributed by atoms with E-state index in [9.17, 15) is 5.11 Å². The van der Waals surface area contributed by atoms with E-state index in [4.69, 9.17) is 19.3 Å². The SMILES string of the molecule is COc1cc(C2=NN3[C@H](C2)c2cccc(OC)c2O[C@@H]3c2ccccn2)ccc1O. The second-order valence-electron chi connectivity index (χ2n) is 7.14. The van der Waals surface area contributed by atoms with Crippen molar-refractivity contribution in [2.45, 2.75) is 18.7 Å². The van der Waals surface area contributed by atoms with Gasteiger partial charge in [-0.15, -0.1) is 0 Å². The third-order valence-electron chi connectivity index (χ3n) is 5.45. The van der Waals surface area contributed by atoms with Gasteiger partial charge < -0.3 is 19.3 Å². The van der Waals surface area contributed by atoms with Crippen molar-refractivity contribution in [1.29, 1.82) is 0 Å². The lowest BCUT2D eigenvalue weighted by molar-refractivity contribution is -0.0236. The Labute approximate surface area is 174 Å². The molecule has 0 saturated carbocycles. The molecule has 0 bridgehead atoms. The van der Waals surface area contributed by atoms with Crippen LogP contribution in [-0.2, 0) is 0 Å². The van der Waals surface area contributed by atoms with Gasteiger partial charge in [-0.3, -0.25) is 4.98 Å². The van der Waals surface area contributed by atoms with Crippen LogP contribution in [0, 0.1) is 0 Å². The largest absolute Gasteiger partial charge is 0.504 e. The smallest absolute Gasteiger partial charge is 0.230 e. The first-order valence-corrected chi connectivity index (χ1v) is 9.67. The van der Waals surface area contributed by atoms with Crippen LogP contribution in [0.15, 0.2) is 65.9 Å². The van der Waals surface area contributed by atoms with Gasteiger partial charge in [0.25, 0.3) is 0 Å². The molecule has 30 heavy (non-hydrogen) atoms. The molecule has 7 nitrogen and oxygen atoms in total. The maximum Gasteiger partial charge on any atom is 0.230 e. The molecule has 0 saturated heterocycles. The Kier molecular flexibility index (Phi) is 4.43. The van der Waals surface area contributed by atoms with Gasteiger partial charge in [-0.05, 0) is 36.4 Å². The molecule has 0 radical (unpaired) electrons. The van der Waals surface area contributed by atoms with Crippen LogP contribution in [0.1, 0.15) is 35.5 Å². The van der Waals surface area contributed by atoms with E-state index in [0.29, 0.717) is 17.9 Å². The third kappa shape index (κ3) is 2.90. The highest BCUT2D eigenvalue weighted by Gasteiger charge is 2.42. The van der Waals surface area contributed by atoms with E-state index in [-0.39, 0.29) is 11.8 Å². The highest BCUT2D eigenvalue weighted by molar-refractivity contribution is 6.02. The Balaban J connectivity index is 1.61. The Hall–Kier alpha value is -3.74. The van der Waals surface area contributed by atoms with E-state index < -0.39 is 6.23 Å². The zero-order chi connectivity index (χ0) is 20.7. The summed E-state index contributed by atoms with van der Waals surface area (Å²) in [6.07, 6.45) is 1.95. The van der Waals surface area contributed by atoms with Crippen LogP contribution in [-0.4, -0.2) is 35.0 Å². The van der Waals surface area contributed by atoms with Crippen molar-refractivity contribution in [3.05, 3.63) is 77.6 Å². The lowest BCUT2D eigenvalue weighted by Gasteiger charge is -2.38. The van der Waals surface area contributed by atoms with Crippen LogP contribution in [0.4, 0.5) is 0 Å². The number of para-hydroxylation sites is 1. The summed E-state index contributed by atoms with van der Waals surface area (Å²) in [5, 5.41) is 16.8. The molecule has 7 heteroatoms. The molecule has 2 aliphatic heterocycles. The topological polar surface area (TPSA) is 76.4 Å². The quantitative estimate of drug-likeness (QED) is 0.708. The molecule has 0 spiro atoms. The zero-order valence-electron chi connectivity index (χ0n) is 16.6. The van der Waals surface area contributed by atoms with Gasteiger partial charge in [-0.1, -0.05) is 18.2 Å². The van der Waals surface area contributed by atoms with Crippen LogP contribution in [0.25, 0.3) is 0 Å². The Bertz CT molecular complexity index is 1120. The summed E-state index contributed by atoms with van der Waals surface area (Å²) in [6, 6.07) is 16.9. The van der Waals surface area contributed by atoms with Gasteiger partial charge in [-0.25, -0.2) is 5.01 Å². The molecule has 3 aromatic rings. The molecule has 2 atom stereocenters. The van der Waals surface area contributed by atoms with Crippen LogP contribution >= 0.6 is 0 Å². The van der Waals surface area contributed by atoms with Crippen molar-refractivity contribution in [3.8, 4) is 23.0 Å². The maximum absolute atomic E-state index is 9.95.